The van der Waals surface area contributed by atoms with Gasteiger partial charge in [0.05, 0.1) is 0 Å². The van der Waals surface area contributed by atoms with Gasteiger partial charge in [-0.05, 0) is 23.8 Å². The van der Waals surface area contributed by atoms with Gasteiger partial charge in [-0.2, -0.15) is 0 Å². The summed E-state index contributed by atoms with van der Waals surface area (Å²) in [5, 5.41) is 9.23. The lowest BCUT2D eigenvalue weighted by atomic mass is 10.1. The Bertz CT molecular complexity index is 436. The lowest BCUT2D eigenvalue weighted by molar-refractivity contribution is -0.144. The van der Waals surface area contributed by atoms with Crippen molar-refractivity contribution in [2.45, 2.75) is 19.4 Å². The molecule has 0 spiro atoms. The van der Waals surface area contributed by atoms with Crippen molar-refractivity contribution >= 4 is 11.8 Å². The van der Waals surface area contributed by atoms with Crippen LogP contribution < -0.4 is 0 Å². The van der Waals surface area contributed by atoms with Crippen LogP contribution in [0, 0.1) is 0 Å². The second kappa shape index (κ2) is 3.38. The fraction of sp³-hybridized carbons (Fsp3) is 0.273. The molecule has 0 radical (unpaired) electrons. The van der Waals surface area contributed by atoms with Crippen LogP contribution in [0.2, 0.25) is 0 Å². The summed E-state index contributed by atoms with van der Waals surface area (Å²) >= 11 is 0. The van der Waals surface area contributed by atoms with Gasteiger partial charge in [0.25, 0.3) is 0 Å². The molecule has 1 aromatic rings. The van der Waals surface area contributed by atoms with Crippen LogP contribution in [-0.4, -0.2) is 23.0 Å². The number of phenolic OH excluding ortho intramolecular Hbond substituents is 1. The van der Waals surface area contributed by atoms with Crippen LogP contribution in [0.3, 0.4) is 0 Å². The molecule has 0 amide bonds. The zero-order valence-corrected chi connectivity index (χ0v) is 8.19. The molecule has 1 N–H and O–H groups in total. The van der Waals surface area contributed by atoms with E-state index >= 15 is 0 Å². The van der Waals surface area contributed by atoms with E-state index in [0.29, 0.717) is 12.0 Å². The Morgan fingerprint density at radius 2 is 2.27 bits per heavy atom. The fourth-order valence-corrected chi connectivity index (χ4v) is 1.75. The largest absolute Gasteiger partial charge is 0.508 e. The smallest absolute Gasteiger partial charge is 0.303 e. The SMILES string of the molecule is CC(=O)OC1Cc2cc(O)ccc2C1=O. The van der Waals surface area contributed by atoms with E-state index < -0.39 is 12.1 Å². The number of benzene rings is 1. The van der Waals surface area contributed by atoms with Crippen LogP contribution in [0.5, 0.6) is 5.75 Å². The number of ether oxygens (including phenoxy) is 1. The molecule has 1 aromatic carbocycles. The number of aromatic hydroxyl groups is 1. The van der Waals surface area contributed by atoms with E-state index in [9.17, 15) is 14.7 Å². The van der Waals surface area contributed by atoms with Crippen LogP contribution in [0.1, 0.15) is 22.8 Å². The van der Waals surface area contributed by atoms with Crippen molar-refractivity contribution in [1.29, 1.82) is 0 Å². The number of carbonyl (C=O) groups excluding carboxylic acids is 2. The van der Waals surface area contributed by atoms with Crippen LogP contribution in [0.25, 0.3) is 0 Å². The van der Waals surface area contributed by atoms with Gasteiger partial charge in [0, 0.05) is 18.9 Å². The molecule has 0 bridgehead atoms. The Morgan fingerprint density at radius 1 is 1.53 bits per heavy atom. The highest BCUT2D eigenvalue weighted by Crippen LogP contribution is 2.27. The number of Topliss-reactive ketones (excluding diaryl/α,β-unsaturated/α-hetero) is 1. The highest BCUT2D eigenvalue weighted by atomic mass is 16.5. The Balaban J connectivity index is 2.29. The molecular formula is C11H10O4. The monoisotopic (exact) mass is 206 g/mol. The van der Waals surface area contributed by atoms with Crippen LogP contribution >= 0.6 is 0 Å². The molecule has 1 unspecified atom stereocenters. The first-order valence-corrected chi connectivity index (χ1v) is 4.61. The summed E-state index contributed by atoms with van der Waals surface area (Å²) < 4.78 is 4.88. The van der Waals surface area contributed by atoms with Crippen molar-refractivity contribution in [3.63, 3.8) is 0 Å². The quantitative estimate of drug-likeness (QED) is 0.698. The normalized spacial score (nSPS) is 18.7. The van der Waals surface area contributed by atoms with Gasteiger partial charge < -0.3 is 9.84 Å². The average Bonchev–Trinajstić information content (AvgIpc) is 2.42. The van der Waals surface area contributed by atoms with Crippen molar-refractivity contribution < 1.29 is 19.4 Å². The Hall–Kier alpha value is -1.84. The summed E-state index contributed by atoms with van der Waals surface area (Å²) in [6.45, 7) is 1.27. The minimum atomic E-state index is -0.723. The van der Waals surface area contributed by atoms with E-state index in [1.165, 1.54) is 19.1 Å². The predicted octanol–water partition coefficient (Wildman–Crippen LogP) is 1.06. The summed E-state index contributed by atoms with van der Waals surface area (Å²) in [6, 6.07) is 4.53. The number of phenols is 1. The molecule has 0 heterocycles. The third kappa shape index (κ3) is 1.70. The Labute approximate surface area is 86.5 Å². The molecule has 0 aromatic heterocycles. The van der Waals surface area contributed by atoms with Gasteiger partial charge >= 0.3 is 5.97 Å². The first-order chi connectivity index (χ1) is 7.08. The minimum Gasteiger partial charge on any atom is -0.508 e. The molecule has 0 fully saturated rings. The summed E-state index contributed by atoms with van der Waals surface area (Å²) in [5.41, 5.74) is 1.25. The molecular weight excluding hydrogens is 196 g/mol. The van der Waals surface area contributed by atoms with Crippen molar-refractivity contribution in [3.8, 4) is 5.75 Å². The molecule has 15 heavy (non-hydrogen) atoms. The molecule has 0 saturated heterocycles. The number of rotatable bonds is 1. The summed E-state index contributed by atoms with van der Waals surface area (Å²) in [4.78, 5) is 22.4. The highest BCUT2D eigenvalue weighted by molar-refractivity contribution is 6.04. The summed E-state index contributed by atoms with van der Waals surface area (Å²) in [6.07, 6.45) is -0.374. The zero-order chi connectivity index (χ0) is 11.0. The Morgan fingerprint density at radius 3 is 2.93 bits per heavy atom. The van der Waals surface area contributed by atoms with Gasteiger partial charge in [0.1, 0.15) is 5.75 Å². The number of hydrogen-bond donors (Lipinski definition) is 1. The van der Waals surface area contributed by atoms with Gasteiger partial charge in [-0.1, -0.05) is 0 Å². The van der Waals surface area contributed by atoms with E-state index in [1.54, 1.807) is 6.07 Å². The lowest BCUT2D eigenvalue weighted by Crippen LogP contribution is -2.22. The number of carbonyl (C=O) groups is 2. The minimum absolute atomic E-state index is 0.116. The van der Waals surface area contributed by atoms with Gasteiger partial charge in [0.15, 0.2) is 6.10 Å². The predicted molar refractivity (Wildman–Crippen MR) is 51.7 cm³/mol. The number of esters is 1. The first kappa shape index (κ1) is 9.71. The molecule has 4 nitrogen and oxygen atoms in total. The molecule has 1 aliphatic carbocycles. The molecule has 1 atom stereocenters. The number of hydrogen-bond acceptors (Lipinski definition) is 4. The Kier molecular flexibility index (Phi) is 2.19. The maximum atomic E-state index is 11.7. The summed E-state index contributed by atoms with van der Waals surface area (Å²) in [7, 11) is 0. The van der Waals surface area contributed by atoms with E-state index in [0.717, 1.165) is 5.56 Å². The number of fused-ring (bicyclic) bond motifs is 1. The third-order valence-corrected chi connectivity index (χ3v) is 2.36. The maximum Gasteiger partial charge on any atom is 0.303 e. The number of ketones is 1. The van der Waals surface area contributed by atoms with Gasteiger partial charge in [0.2, 0.25) is 5.78 Å². The molecule has 2 rings (SSSR count). The molecule has 1 aliphatic rings. The van der Waals surface area contributed by atoms with Crippen LogP contribution in [0.4, 0.5) is 0 Å². The van der Waals surface area contributed by atoms with E-state index in [4.69, 9.17) is 4.74 Å². The molecule has 0 aliphatic heterocycles. The first-order valence-electron chi connectivity index (χ1n) is 4.61. The lowest BCUT2D eigenvalue weighted by Gasteiger charge is -2.06. The van der Waals surface area contributed by atoms with Crippen LogP contribution in [0.15, 0.2) is 18.2 Å². The van der Waals surface area contributed by atoms with E-state index in [-0.39, 0.29) is 11.5 Å². The van der Waals surface area contributed by atoms with Crippen molar-refractivity contribution in [3.05, 3.63) is 29.3 Å². The summed E-state index contributed by atoms with van der Waals surface area (Å²) in [5.74, 6) is -0.546. The molecule has 4 heteroatoms. The van der Waals surface area contributed by atoms with E-state index in [2.05, 4.69) is 0 Å². The highest BCUT2D eigenvalue weighted by Gasteiger charge is 2.32. The third-order valence-electron chi connectivity index (χ3n) is 2.36. The van der Waals surface area contributed by atoms with Crippen molar-refractivity contribution in [2.24, 2.45) is 0 Å². The second-order valence-corrected chi connectivity index (χ2v) is 3.51. The molecule has 0 saturated carbocycles. The van der Waals surface area contributed by atoms with Crippen molar-refractivity contribution in [2.75, 3.05) is 0 Å². The molecule has 78 valence electrons. The van der Waals surface area contributed by atoms with E-state index in [1.807, 2.05) is 0 Å². The van der Waals surface area contributed by atoms with Gasteiger partial charge in [-0.15, -0.1) is 0 Å². The maximum absolute atomic E-state index is 11.7. The average molecular weight is 206 g/mol. The second-order valence-electron chi connectivity index (χ2n) is 3.51. The zero-order valence-electron chi connectivity index (χ0n) is 8.19. The van der Waals surface area contributed by atoms with Gasteiger partial charge in [-0.25, -0.2) is 0 Å². The van der Waals surface area contributed by atoms with Gasteiger partial charge in [-0.3, -0.25) is 9.59 Å². The standard InChI is InChI=1S/C11H10O4/c1-6(12)15-10-5-7-4-8(13)2-3-9(7)11(10)14/h2-4,10,13H,5H2,1H3. The fourth-order valence-electron chi connectivity index (χ4n) is 1.75. The van der Waals surface area contributed by atoms with Crippen molar-refractivity contribution in [1.82, 2.24) is 0 Å². The topological polar surface area (TPSA) is 63.6 Å². The van der Waals surface area contributed by atoms with Crippen LogP contribution in [-0.2, 0) is 16.0 Å².